The molecule has 0 aliphatic rings. The molecule has 0 fully saturated rings. The molecule has 0 aliphatic carbocycles. The van der Waals surface area contributed by atoms with Crippen LogP contribution in [0.4, 0.5) is 0 Å². The number of aliphatic carboxylic acids is 1. The molecular formula is C38H75NO3. The molecular weight excluding hydrogens is 518 g/mol. The molecule has 0 aromatic rings. The first-order chi connectivity index (χ1) is 20.6. The van der Waals surface area contributed by atoms with E-state index >= 15 is 0 Å². The summed E-state index contributed by atoms with van der Waals surface area (Å²) >= 11 is 0. The van der Waals surface area contributed by atoms with E-state index in [9.17, 15) is 9.59 Å². The number of nitrogens with two attached hydrogens (primary N) is 1. The lowest BCUT2D eigenvalue weighted by Crippen LogP contribution is -2.09. The van der Waals surface area contributed by atoms with Crippen molar-refractivity contribution in [2.75, 3.05) is 0 Å². The Bertz CT molecular complexity index is 502. The third-order valence-corrected chi connectivity index (χ3v) is 9.06. The zero-order chi connectivity index (χ0) is 30.6. The second-order valence-corrected chi connectivity index (χ2v) is 13.4. The topological polar surface area (TPSA) is 80.4 Å². The molecule has 42 heavy (non-hydrogen) atoms. The highest BCUT2D eigenvalue weighted by molar-refractivity contribution is 5.73. The molecule has 0 unspecified atom stereocenters. The molecule has 0 saturated heterocycles. The average molecular weight is 594 g/mol. The summed E-state index contributed by atoms with van der Waals surface area (Å²) in [4.78, 5) is 21.2. The predicted octanol–water partition coefficient (Wildman–Crippen LogP) is 12.6. The number of hydrogen-bond donors (Lipinski definition) is 2. The van der Waals surface area contributed by atoms with Crippen LogP contribution in [0.3, 0.4) is 0 Å². The SMILES string of the molecule is NC(=O)CCCCCCCCCCCCCCCCCCCCCCCCCCCCCCCCCCCCC(=O)O. The summed E-state index contributed by atoms with van der Waals surface area (Å²) in [6.07, 6.45) is 47.2. The molecule has 0 saturated carbocycles. The molecule has 4 nitrogen and oxygen atoms in total. The Labute approximate surface area is 263 Å². The van der Waals surface area contributed by atoms with E-state index in [0.29, 0.717) is 12.8 Å². The van der Waals surface area contributed by atoms with Gasteiger partial charge in [-0.3, -0.25) is 9.59 Å². The fourth-order valence-electron chi connectivity index (χ4n) is 6.23. The third-order valence-electron chi connectivity index (χ3n) is 9.06. The summed E-state index contributed by atoms with van der Waals surface area (Å²) in [6, 6.07) is 0. The molecule has 0 aromatic carbocycles. The average Bonchev–Trinajstić information content (AvgIpc) is 2.96. The number of unbranched alkanes of at least 4 members (excludes halogenated alkanes) is 33. The molecule has 0 aromatic heterocycles. The van der Waals surface area contributed by atoms with Crippen molar-refractivity contribution in [3.05, 3.63) is 0 Å². The van der Waals surface area contributed by atoms with Gasteiger partial charge >= 0.3 is 5.97 Å². The lowest BCUT2D eigenvalue weighted by molar-refractivity contribution is -0.137. The van der Waals surface area contributed by atoms with E-state index in [2.05, 4.69) is 0 Å². The Morgan fingerprint density at radius 2 is 0.429 bits per heavy atom. The quantitative estimate of drug-likeness (QED) is 0.0703. The monoisotopic (exact) mass is 594 g/mol. The van der Waals surface area contributed by atoms with Gasteiger partial charge in [0.15, 0.2) is 0 Å². The normalized spacial score (nSPS) is 11.3. The van der Waals surface area contributed by atoms with Crippen LogP contribution in [0, 0.1) is 0 Å². The smallest absolute Gasteiger partial charge is 0.303 e. The highest BCUT2D eigenvalue weighted by Crippen LogP contribution is 2.17. The predicted molar refractivity (Wildman–Crippen MR) is 183 cm³/mol. The maximum atomic E-state index is 10.7. The number of primary amides is 1. The zero-order valence-electron chi connectivity index (χ0n) is 28.3. The summed E-state index contributed by atoms with van der Waals surface area (Å²) in [6.45, 7) is 0. The first-order valence-corrected chi connectivity index (χ1v) is 19.1. The molecule has 250 valence electrons. The van der Waals surface area contributed by atoms with E-state index in [0.717, 1.165) is 25.7 Å². The number of carbonyl (C=O) groups is 2. The third kappa shape index (κ3) is 38.9. The Balaban J connectivity index is 3.04. The highest BCUT2D eigenvalue weighted by Gasteiger charge is 1.99. The van der Waals surface area contributed by atoms with E-state index in [1.165, 1.54) is 193 Å². The van der Waals surface area contributed by atoms with Crippen molar-refractivity contribution in [2.45, 2.75) is 231 Å². The minimum Gasteiger partial charge on any atom is -0.481 e. The maximum Gasteiger partial charge on any atom is 0.303 e. The minimum atomic E-state index is -0.652. The molecule has 0 atom stereocenters. The van der Waals surface area contributed by atoms with Crippen LogP contribution < -0.4 is 5.73 Å². The van der Waals surface area contributed by atoms with Gasteiger partial charge in [-0.25, -0.2) is 0 Å². The van der Waals surface area contributed by atoms with Crippen LogP contribution in [0.1, 0.15) is 231 Å². The minimum absolute atomic E-state index is 0.153. The molecule has 3 N–H and O–H groups in total. The summed E-state index contributed by atoms with van der Waals surface area (Å²) in [7, 11) is 0. The Morgan fingerprint density at radius 3 is 0.571 bits per heavy atom. The number of rotatable bonds is 37. The first-order valence-electron chi connectivity index (χ1n) is 19.1. The van der Waals surface area contributed by atoms with Gasteiger partial charge in [-0.1, -0.05) is 205 Å². The summed E-state index contributed by atoms with van der Waals surface area (Å²) in [5.74, 6) is -0.805. The molecule has 0 heterocycles. The number of carbonyl (C=O) groups excluding carboxylic acids is 1. The Morgan fingerprint density at radius 1 is 0.286 bits per heavy atom. The lowest BCUT2D eigenvalue weighted by Gasteiger charge is -2.05. The van der Waals surface area contributed by atoms with Crippen LogP contribution in [0.25, 0.3) is 0 Å². The van der Waals surface area contributed by atoms with Gasteiger partial charge in [0, 0.05) is 12.8 Å². The first kappa shape index (κ1) is 40.9. The summed E-state index contributed by atoms with van der Waals surface area (Å²) in [5.41, 5.74) is 5.17. The van der Waals surface area contributed by atoms with Crippen molar-refractivity contribution < 1.29 is 14.7 Å². The van der Waals surface area contributed by atoms with Gasteiger partial charge in [0.05, 0.1) is 0 Å². The maximum absolute atomic E-state index is 10.7. The van der Waals surface area contributed by atoms with Gasteiger partial charge in [0.2, 0.25) is 5.91 Å². The highest BCUT2D eigenvalue weighted by atomic mass is 16.4. The van der Waals surface area contributed by atoms with E-state index in [4.69, 9.17) is 10.8 Å². The molecule has 4 heteroatoms. The van der Waals surface area contributed by atoms with Gasteiger partial charge < -0.3 is 10.8 Å². The van der Waals surface area contributed by atoms with Crippen LogP contribution in [0.2, 0.25) is 0 Å². The summed E-state index contributed by atoms with van der Waals surface area (Å²) in [5, 5.41) is 8.64. The standard InChI is InChI=1S/C38H75NO3/c39-37(40)35-33-31-29-27-25-23-21-19-17-15-13-11-9-7-5-3-1-2-4-6-8-10-12-14-16-18-20-22-24-26-28-30-32-34-36-38(41)42/h1-36H2,(H2,39,40)(H,41,42). The lowest BCUT2D eigenvalue weighted by atomic mass is 10.0. The van der Waals surface area contributed by atoms with Gasteiger partial charge in [-0.05, 0) is 12.8 Å². The van der Waals surface area contributed by atoms with Crippen LogP contribution >= 0.6 is 0 Å². The fourth-order valence-corrected chi connectivity index (χ4v) is 6.23. The van der Waals surface area contributed by atoms with Gasteiger partial charge in [-0.2, -0.15) is 0 Å². The van der Waals surface area contributed by atoms with Crippen molar-refractivity contribution in [3.8, 4) is 0 Å². The molecule has 0 rings (SSSR count). The largest absolute Gasteiger partial charge is 0.481 e. The van der Waals surface area contributed by atoms with E-state index < -0.39 is 5.97 Å². The molecule has 0 spiro atoms. The van der Waals surface area contributed by atoms with Crippen molar-refractivity contribution in [1.82, 2.24) is 0 Å². The van der Waals surface area contributed by atoms with Crippen LogP contribution in [-0.4, -0.2) is 17.0 Å². The Kier molecular flexibility index (Phi) is 35.2. The number of amides is 1. The zero-order valence-corrected chi connectivity index (χ0v) is 28.3. The molecule has 0 radical (unpaired) electrons. The van der Waals surface area contributed by atoms with Gasteiger partial charge in [0.25, 0.3) is 0 Å². The van der Waals surface area contributed by atoms with Gasteiger partial charge in [-0.15, -0.1) is 0 Å². The van der Waals surface area contributed by atoms with Crippen LogP contribution in [0.15, 0.2) is 0 Å². The van der Waals surface area contributed by atoms with Crippen molar-refractivity contribution in [1.29, 1.82) is 0 Å². The molecule has 1 amide bonds. The van der Waals surface area contributed by atoms with Crippen LogP contribution in [0.5, 0.6) is 0 Å². The number of hydrogen-bond acceptors (Lipinski definition) is 2. The van der Waals surface area contributed by atoms with Crippen molar-refractivity contribution in [3.63, 3.8) is 0 Å². The van der Waals surface area contributed by atoms with E-state index in [1.807, 2.05) is 0 Å². The second-order valence-electron chi connectivity index (χ2n) is 13.4. The van der Waals surface area contributed by atoms with Crippen LogP contribution in [-0.2, 0) is 9.59 Å². The summed E-state index contributed by atoms with van der Waals surface area (Å²) < 4.78 is 0. The number of carboxylic acids is 1. The van der Waals surface area contributed by atoms with Crippen molar-refractivity contribution in [2.24, 2.45) is 5.73 Å². The molecule has 0 aliphatic heterocycles. The van der Waals surface area contributed by atoms with E-state index in [1.54, 1.807) is 0 Å². The second kappa shape index (κ2) is 36.1. The van der Waals surface area contributed by atoms with E-state index in [-0.39, 0.29) is 5.91 Å². The Hall–Kier alpha value is -1.06. The van der Waals surface area contributed by atoms with Crippen molar-refractivity contribution >= 4 is 11.9 Å². The number of carboxylic acid groups (broad SMARTS) is 1. The van der Waals surface area contributed by atoms with Gasteiger partial charge in [0.1, 0.15) is 0 Å². The molecule has 0 bridgehead atoms. The fraction of sp³-hybridized carbons (Fsp3) is 0.947.